The molecule has 31 heavy (non-hydrogen) atoms. The van der Waals surface area contributed by atoms with Gasteiger partial charge in [0.25, 0.3) is 0 Å². The molecule has 3 saturated carbocycles. The molecule has 0 aromatic rings. The van der Waals surface area contributed by atoms with E-state index in [1.165, 1.54) is 32.0 Å². The third-order valence-corrected chi connectivity index (χ3v) is 11.0. The summed E-state index contributed by atoms with van der Waals surface area (Å²) < 4.78 is 0. The van der Waals surface area contributed by atoms with Crippen LogP contribution in [0.3, 0.4) is 0 Å². The zero-order chi connectivity index (χ0) is 22.6. The molecule has 4 aliphatic rings. The summed E-state index contributed by atoms with van der Waals surface area (Å²) >= 11 is 0. The zero-order valence-electron chi connectivity index (χ0n) is 20.9. The van der Waals surface area contributed by atoms with E-state index in [1.807, 2.05) is 0 Å². The highest BCUT2D eigenvalue weighted by Crippen LogP contribution is 2.69. The highest BCUT2D eigenvalue weighted by Gasteiger charge is 2.62. The monoisotopic (exact) mass is 426 g/mol. The van der Waals surface area contributed by atoms with Gasteiger partial charge in [-0.25, -0.2) is 0 Å². The molecular weight excluding hydrogens is 380 g/mol. The number of hydrogen-bond acceptors (Lipinski definition) is 2. The molecule has 9 atom stereocenters. The van der Waals surface area contributed by atoms with Gasteiger partial charge in [0.2, 0.25) is 0 Å². The first-order valence-electron chi connectivity index (χ1n) is 13.1. The van der Waals surface area contributed by atoms with Crippen molar-refractivity contribution in [2.75, 3.05) is 0 Å². The standard InChI is InChI=1S/C29H46O2/c1-19(2)20(3)7-8-21(4)24-9-10-25-23-12-16-29(18-30)17-22(31)11-15-28(29,6)26(23)13-14-27(24,25)5/h7-8,12,18-22,24-26,31H,9-11,13-17H2,1-6H3/b8-7+/t20-,21+,22-,24+,25-,26?,27+,28+,29-/m0/s1. The van der Waals surface area contributed by atoms with Crippen LogP contribution in [0.1, 0.15) is 92.9 Å². The smallest absolute Gasteiger partial charge is 0.127 e. The lowest BCUT2D eigenvalue weighted by Crippen LogP contribution is -2.56. The molecule has 3 fully saturated rings. The summed E-state index contributed by atoms with van der Waals surface area (Å²) in [4.78, 5) is 12.4. The van der Waals surface area contributed by atoms with E-state index < -0.39 is 0 Å². The van der Waals surface area contributed by atoms with E-state index in [4.69, 9.17) is 0 Å². The summed E-state index contributed by atoms with van der Waals surface area (Å²) in [5.41, 5.74) is 1.75. The second-order valence-electron chi connectivity index (χ2n) is 12.7. The molecule has 174 valence electrons. The van der Waals surface area contributed by atoms with Crippen molar-refractivity contribution in [2.24, 2.45) is 51.8 Å². The predicted octanol–water partition coefficient (Wildman–Crippen LogP) is 6.98. The zero-order valence-corrected chi connectivity index (χ0v) is 20.9. The van der Waals surface area contributed by atoms with E-state index >= 15 is 0 Å². The van der Waals surface area contributed by atoms with Gasteiger partial charge >= 0.3 is 0 Å². The highest BCUT2D eigenvalue weighted by molar-refractivity contribution is 5.63. The van der Waals surface area contributed by atoms with Gasteiger partial charge in [0.1, 0.15) is 6.29 Å². The molecule has 0 radical (unpaired) electrons. The second kappa shape index (κ2) is 8.15. The van der Waals surface area contributed by atoms with Gasteiger partial charge in [0, 0.05) is 5.41 Å². The van der Waals surface area contributed by atoms with Gasteiger partial charge in [-0.05, 0) is 97.7 Å². The van der Waals surface area contributed by atoms with E-state index in [0.717, 1.165) is 25.2 Å². The topological polar surface area (TPSA) is 37.3 Å². The lowest BCUT2D eigenvalue weighted by molar-refractivity contribution is -0.143. The minimum atomic E-state index is -0.354. The summed E-state index contributed by atoms with van der Waals surface area (Å²) in [6, 6.07) is 0. The van der Waals surface area contributed by atoms with Crippen LogP contribution in [-0.4, -0.2) is 17.5 Å². The van der Waals surface area contributed by atoms with Crippen LogP contribution in [0.5, 0.6) is 0 Å². The van der Waals surface area contributed by atoms with Crippen LogP contribution < -0.4 is 0 Å². The fraction of sp³-hybridized carbons (Fsp3) is 0.828. The third-order valence-electron chi connectivity index (χ3n) is 11.0. The van der Waals surface area contributed by atoms with Crippen LogP contribution in [0.15, 0.2) is 23.8 Å². The van der Waals surface area contributed by atoms with E-state index in [0.29, 0.717) is 41.4 Å². The number of rotatable bonds is 5. The van der Waals surface area contributed by atoms with Crippen molar-refractivity contribution in [1.29, 1.82) is 0 Å². The number of carbonyl (C=O) groups is 1. The van der Waals surface area contributed by atoms with Crippen molar-refractivity contribution >= 4 is 6.29 Å². The summed E-state index contributed by atoms with van der Waals surface area (Å²) in [6.07, 6.45) is 16.9. The molecule has 0 aliphatic heterocycles. The fourth-order valence-electron chi connectivity index (χ4n) is 8.42. The van der Waals surface area contributed by atoms with Gasteiger partial charge < -0.3 is 9.90 Å². The van der Waals surface area contributed by atoms with Gasteiger partial charge in [0.05, 0.1) is 6.10 Å². The molecule has 1 N–H and O–H groups in total. The SMILES string of the molecule is CC(C)[C@@H](C)/C=C/[C@@H](C)[C@H]1CC[C@H]2C3=CC[C@@]4(C=O)C[C@@H](O)CC[C@]4(C)C3CC[C@]12C. The number of carbonyl (C=O) groups excluding carboxylic acids is 1. The normalized spacial score (nSPS) is 46.8. The maximum Gasteiger partial charge on any atom is 0.127 e. The summed E-state index contributed by atoms with van der Waals surface area (Å²) in [5.74, 6) is 3.94. The number of allylic oxidation sites excluding steroid dienone is 4. The first-order chi connectivity index (χ1) is 14.6. The lowest BCUT2D eigenvalue weighted by Gasteiger charge is -2.61. The minimum Gasteiger partial charge on any atom is -0.393 e. The molecule has 0 aromatic heterocycles. The van der Waals surface area contributed by atoms with E-state index in [2.05, 4.69) is 59.8 Å². The molecular formula is C29H46O2. The van der Waals surface area contributed by atoms with Gasteiger partial charge in [-0.15, -0.1) is 0 Å². The second-order valence-corrected chi connectivity index (χ2v) is 12.7. The van der Waals surface area contributed by atoms with Gasteiger partial charge in [-0.3, -0.25) is 0 Å². The van der Waals surface area contributed by atoms with Gasteiger partial charge in [-0.2, -0.15) is 0 Å². The Morgan fingerprint density at radius 1 is 1.00 bits per heavy atom. The molecule has 1 unspecified atom stereocenters. The first kappa shape index (κ1) is 23.3. The summed E-state index contributed by atoms with van der Waals surface area (Å²) in [5, 5.41) is 10.4. The number of aliphatic hydroxyl groups is 1. The average Bonchev–Trinajstić information content (AvgIpc) is 3.09. The maximum absolute atomic E-state index is 12.4. The van der Waals surface area contributed by atoms with E-state index in [9.17, 15) is 9.90 Å². The molecule has 0 saturated heterocycles. The Bertz CT molecular complexity index is 750. The van der Waals surface area contributed by atoms with Gasteiger partial charge in [-0.1, -0.05) is 65.3 Å². The quantitative estimate of drug-likeness (QED) is 0.380. The number of aldehydes is 1. The summed E-state index contributed by atoms with van der Waals surface area (Å²) in [7, 11) is 0. The molecule has 2 heteroatoms. The van der Waals surface area contributed by atoms with Crippen molar-refractivity contribution in [1.82, 2.24) is 0 Å². The molecule has 0 aromatic carbocycles. The van der Waals surface area contributed by atoms with E-state index in [1.54, 1.807) is 5.57 Å². The molecule has 4 aliphatic carbocycles. The molecule has 0 bridgehead atoms. The Hall–Kier alpha value is -0.890. The third kappa shape index (κ3) is 3.51. The molecule has 0 amide bonds. The van der Waals surface area contributed by atoms with Crippen molar-refractivity contribution in [3.63, 3.8) is 0 Å². The van der Waals surface area contributed by atoms with Crippen LogP contribution >= 0.6 is 0 Å². The number of hydrogen-bond donors (Lipinski definition) is 1. The minimum absolute atomic E-state index is 0.0235. The highest BCUT2D eigenvalue weighted by atomic mass is 16.3. The number of aliphatic hydroxyl groups excluding tert-OH is 1. The largest absolute Gasteiger partial charge is 0.393 e. The molecule has 0 spiro atoms. The lowest BCUT2D eigenvalue weighted by atomic mass is 9.43. The van der Waals surface area contributed by atoms with Crippen LogP contribution in [-0.2, 0) is 4.79 Å². The Balaban J connectivity index is 1.60. The van der Waals surface area contributed by atoms with Crippen molar-refractivity contribution in [3.05, 3.63) is 23.8 Å². The molecule has 4 rings (SSSR count). The Labute approximate surface area is 191 Å². The summed E-state index contributed by atoms with van der Waals surface area (Å²) in [6.45, 7) is 14.4. The molecule has 0 heterocycles. The van der Waals surface area contributed by atoms with Crippen molar-refractivity contribution in [3.8, 4) is 0 Å². The molecule has 2 nitrogen and oxygen atoms in total. The predicted molar refractivity (Wildman–Crippen MR) is 129 cm³/mol. The van der Waals surface area contributed by atoms with Crippen LogP contribution in [0.25, 0.3) is 0 Å². The van der Waals surface area contributed by atoms with E-state index in [-0.39, 0.29) is 16.9 Å². The van der Waals surface area contributed by atoms with Crippen molar-refractivity contribution < 1.29 is 9.90 Å². The Kier molecular flexibility index (Phi) is 6.12. The first-order valence-corrected chi connectivity index (χ1v) is 13.1. The van der Waals surface area contributed by atoms with Crippen LogP contribution in [0.4, 0.5) is 0 Å². The van der Waals surface area contributed by atoms with Gasteiger partial charge in [0.15, 0.2) is 0 Å². The fourth-order valence-corrected chi connectivity index (χ4v) is 8.42. The Morgan fingerprint density at radius 3 is 2.42 bits per heavy atom. The van der Waals surface area contributed by atoms with Crippen LogP contribution in [0.2, 0.25) is 0 Å². The maximum atomic E-state index is 12.4. The number of fused-ring (bicyclic) bond motifs is 5. The van der Waals surface area contributed by atoms with Crippen molar-refractivity contribution in [2.45, 2.75) is 99.0 Å². The average molecular weight is 427 g/mol. The Morgan fingerprint density at radius 2 is 1.74 bits per heavy atom. The van der Waals surface area contributed by atoms with Crippen LogP contribution in [0, 0.1) is 51.8 Å².